The van der Waals surface area contributed by atoms with Crippen molar-refractivity contribution in [2.24, 2.45) is 5.10 Å². The average molecular weight is 380 g/mol. The molecule has 0 spiro atoms. The third-order valence-corrected chi connectivity index (χ3v) is 4.65. The number of nitrogens with one attached hydrogen (secondary N) is 2. The van der Waals surface area contributed by atoms with Crippen LogP contribution in [-0.4, -0.2) is 30.8 Å². The van der Waals surface area contributed by atoms with Crippen molar-refractivity contribution in [2.75, 3.05) is 24.5 Å². The van der Waals surface area contributed by atoms with Crippen LogP contribution < -0.4 is 20.2 Å². The molecule has 0 saturated heterocycles. The van der Waals surface area contributed by atoms with E-state index in [9.17, 15) is 4.79 Å². The van der Waals surface area contributed by atoms with Crippen molar-refractivity contribution in [1.29, 1.82) is 0 Å². The Kier molecular flexibility index (Phi) is 4.71. The third kappa shape index (κ3) is 3.90. The first-order valence-electron chi connectivity index (χ1n) is 8.17. The van der Waals surface area contributed by atoms with Gasteiger partial charge in [0.15, 0.2) is 6.61 Å². The molecule has 2 heterocycles. The Labute approximate surface area is 159 Å². The number of carbonyl (C=O) groups is 1. The van der Waals surface area contributed by atoms with E-state index in [4.69, 9.17) is 9.47 Å². The second kappa shape index (κ2) is 7.46. The van der Waals surface area contributed by atoms with Crippen LogP contribution in [0.2, 0.25) is 0 Å². The summed E-state index contributed by atoms with van der Waals surface area (Å²) in [5.74, 6) is 1.31. The summed E-state index contributed by atoms with van der Waals surface area (Å²) in [6, 6.07) is 13.2. The number of amides is 1. The van der Waals surface area contributed by atoms with Crippen molar-refractivity contribution < 1.29 is 14.3 Å². The molecule has 4 rings (SSSR count). The zero-order valence-corrected chi connectivity index (χ0v) is 15.2. The van der Waals surface area contributed by atoms with Crippen LogP contribution in [0.1, 0.15) is 5.56 Å². The Hall–Kier alpha value is -3.39. The van der Waals surface area contributed by atoms with Crippen LogP contribution in [0.15, 0.2) is 52.9 Å². The molecule has 0 bridgehead atoms. The Balaban J connectivity index is 1.44. The number of rotatable bonds is 5. The number of aromatic nitrogens is 1. The summed E-state index contributed by atoms with van der Waals surface area (Å²) in [6.45, 7) is 0.0450. The highest BCUT2D eigenvalue weighted by Gasteiger charge is 2.17. The molecule has 8 heteroatoms. The topological polar surface area (TPSA) is 84.8 Å². The Morgan fingerprint density at radius 3 is 2.96 bits per heavy atom. The van der Waals surface area contributed by atoms with Crippen molar-refractivity contribution in [3.63, 3.8) is 0 Å². The van der Waals surface area contributed by atoms with Gasteiger partial charge in [-0.25, -0.2) is 4.98 Å². The van der Waals surface area contributed by atoms with E-state index in [0.29, 0.717) is 16.6 Å². The van der Waals surface area contributed by atoms with Crippen LogP contribution >= 0.6 is 11.3 Å². The van der Waals surface area contributed by atoms with Gasteiger partial charge in [0.1, 0.15) is 11.5 Å². The van der Waals surface area contributed by atoms with Gasteiger partial charge >= 0.3 is 0 Å². The quantitative estimate of drug-likeness (QED) is 0.522. The molecule has 0 saturated carbocycles. The molecule has 1 aliphatic rings. The van der Waals surface area contributed by atoms with Gasteiger partial charge < -0.3 is 14.8 Å². The highest BCUT2D eigenvalue weighted by molar-refractivity contribution is 7.14. The second-order valence-corrected chi connectivity index (χ2v) is 6.59. The molecule has 7 nitrogen and oxygen atoms in total. The largest absolute Gasteiger partial charge is 0.497 e. The van der Waals surface area contributed by atoms with Crippen molar-refractivity contribution in [2.45, 2.75) is 0 Å². The van der Waals surface area contributed by atoms with E-state index in [-0.39, 0.29) is 12.5 Å². The fourth-order valence-corrected chi connectivity index (χ4v) is 3.22. The lowest BCUT2D eigenvalue weighted by molar-refractivity contribution is -0.118. The van der Waals surface area contributed by atoms with Gasteiger partial charge in [-0.05, 0) is 48.0 Å². The lowest BCUT2D eigenvalue weighted by Gasteiger charge is -2.18. The van der Waals surface area contributed by atoms with Gasteiger partial charge in [-0.2, -0.15) is 5.10 Å². The molecule has 27 heavy (non-hydrogen) atoms. The predicted octanol–water partition coefficient (Wildman–Crippen LogP) is 3.60. The Bertz CT molecular complexity index is 998. The smallest absolute Gasteiger partial charge is 0.262 e. The first-order chi connectivity index (χ1) is 13.2. The summed E-state index contributed by atoms with van der Waals surface area (Å²) in [7, 11) is 1.63. The number of methoxy groups -OCH3 is 1. The standard InChI is InChI=1S/C19H16N4O3S/c1-25-14-5-2-12(3-6-14)9-20-23-19-22-16(11-27-19)13-4-7-17-15(8-13)21-18(24)10-26-17/h2-9,11H,10H2,1H3,(H,21,24)(H,22,23). The van der Waals surface area contributed by atoms with Crippen molar-refractivity contribution in [1.82, 2.24) is 4.98 Å². The van der Waals surface area contributed by atoms with E-state index >= 15 is 0 Å². The van der Waals surface area contributed by atoms with Gasteiger partial charge in [0.2, 0.25) is 5.13 Å². The molecule has 2 N–H and O–H groups in total. The number of carbonyl (C=O) groups excluding carboxylic acids is 1. The number of anilines is 2. The SMILES string of the molecule is COc1ccc(C=NNc2nc(-c3ccc4c(c3)NC(=O)CO4)cs2)cc1. The number of hydrazone groups is 1. The van der Waals surface area contributed by atoms with E-state index in [1.807, 2.05) is 47.8 Å². The summed E-state index contributed by atoms with van der Waals surface area (Å²) in [5, 5.41) is 9.61. The summed E-state index contributed by atoms with van der Waals surface area (Å²) in [5.41, 5.74) is 6.23. The lowest BCUT2D eigenvalue weighted by atomic mass is 10.1. The summed E-state index contributed by atoms with van der Waals surface area (Å²) in [6.07, 6.45) is 1.71. The fraction of sp³-hybridized carbons (Fsp3) is 0.105. The Morgan fingerprint density at radius 2 is 2.15 bits per heavy atom. The zero-order chi connectivity index (χ0) is 18.6. The molecular formula is C19H16N4O3S. The first-order valence-corrected chi connectivity index (χ1v) is 9.05. The van der Waals surface area contributed by atoms with E-state index in [2.05, 4.69) is 20.8 Å². The molecular weight excluding hydrogens is 364 g/mol. The van der Waals surface area contributed by atoms with Crippen LogP contribution in [0.5, 0.6) is 11.5 Å². The first kappa shape index (κ1) is 17.0. The maximum absolute atomic E-state index is 11.5. The summed E-state index contributed by atoms with van der Waals surface area (Å²) >= 11 is 1.45. The van der Waals surface area contributed by atoms with Crippen LogP contribution in [0.25, 0.3) is 11.3 Å². The van der Waals surface area contributed by atoms with Crippen molar-refractivity contribution >= 4 is 34.3 Å². The number of hydrogen-bond acceptors (Lipinski definition) is 7. The predicted molar refractivity (Wildman–Crippen MR) is 106 cm³/mol. The number of fused-ring (bicyclic) bond motifs is 1. The summed E-state index contributed by atoms with van der Waals surface area (Å²) < 4.78 is 10.5. The molecule has 0 aliphatic carbocycles. The number of benzene rings is 2. The number of nitrogens with zero attached hydrogens (tertiary/aromatic N) is 2. The van der Waals surface area contributed by atoms with Gasteiger partial charge in [0.05, 0.1) is 24.7 Å². The number of ether oxygens (including phenoxy) is 2. The maximum atomic E-state index is 11.5. The minimum absolute atomic E-state index is 0.0450. The molecule has 2 aromatic carbocycles. The molecule has 0 fully saturated rings. The average Bonchev–Trinajstić information content (AvgIpc) is 3.17. The highest BCUT2D eigenvalue weighted by atomic mass is 32.1. The maximum Gasteiger partial charge on any atom is 0.262 e. The van der Waals surface area contributed by atoms with Gasteiger partial charge in [0.25, 0.3) is 5.91 Å². The van der Waals surface area contributed by atoms with Crippen LogP contribution in [0, 0.1) is 0 Å². The monoisotopic (exact) mass is 380 g/mol. The molecule has 1 aliphatic heterocycles. The third-order valence-electron chi connectivity index (χ3n) is 3.90. The van der Waals surface area contributed by atoms with Gasteiger partial charge in [-0.1, -0.05) is 0 Å². The van der Waals surface area contributed by atoms with Gasteiger partial charge in [-0.15, -0.1) is 11.3 Å². The minimum atomic E-state index is -0.159. The van der Waals surface area contributed by atoms with E-state index in [1.54, 1.807) is 13.3 Å². The highest BCUT2D eigenvalue weighted by Crippen LogP contribution is 2.33. The molecule has 0 radical (unpaired) electrons. The van der Waals surface area contributed by atoms with Gasteiger partial charge in [0, 0.05) is 10.9 Å². The normalized spacial score (nSPS) is 13.0. The zero-order valence-electron chi connectivity index (χ0n) is 14.4. The van der Waals surface area contributed by atoms with E-state index in [1.165, 1.54) is 11.3 Å². The minimum Gasteiger partial charge on any atom is -0.497 e. The fourth-order valence-electron chi connectivity index (χ4n) is 2.55. The molecule has 1 aromatic heterocycles. The van der Waals surface area contributed by atoms with E-state index < -0.39 is 0 Å². The van der Waals surface area contributed by atoms with Crippen molar-refractivity contribution in [3.05, 3.63) is 53.4 Å². The molecule has 1 amide bonds. The van der Waals surface area contributed by atoms with Crippen molar-refractivity contribution in [3.8, 4) is 22.8 Å². The summed E-state index contributed by atoms with van der Waals surface area (Å²) in [4.78, 5) is 16.0. The molecule has 0 atom stereocenters. The van der Waals surface area contributed by atoms with Crippen LogP contribution in [-0.2, 0) is 4.79 Å². The lowest BCUT2D eigenvalue weighted by Crippen LogP contribution is -2.25. The van der Waals surface area contributed by atoms with Gasteiger partial charge in [-0.3, -0.25) is 10.2 Å². The van der Waals surface area contributed by atoms with Crippen LogP contribution in [0.4, 0.5) is 10.8 Å². The number of hydrogen-bond donors (Lipinski definition) is 2. The van der Waals surface area contributed by atoms with E-state index in [0.717, 1.165) is 22.6 Å². The number of thiazole rings is 1. The van der Waals surface area contributed by atoms with Crippen LogP contribution in [0.3, 0.4) is 0 Å². The molecule has 3 aromatic rings. The molecule has 136 valence electrons. The Morgan fingerprint density at radius 1 is 1.30 bits per heavy atom. The second-order valence-electron chi connectivity index (χ2n) is 5.73. The molecule has 0 unspecified atom stereocenters.